The van der Waals surface area contributed by atoms with Crippen LogP contribution in [0.1, 0.15) is 31.7 Å². The normalized spacial score (nSPS) is 13.6. The van der Waals surface area contributed by atoms with E-state index >= 15 is 0 Å². The van der Waals surface area contributed by atoms with E-state index in [1.807, 2.05) is 29.2 Å². The Labute approximate surface area is 103 Å². The number of rotatable bonds is 4. The summed E-state index contributed by atoms with van der Waals surface area (Å²) >= 11 is 0. The first kappa shape index (κ1) is 13.0. The fraction of sp³-hybridized carbons (Fsp3) is 0.462. The molecule has 2 nitrogen and oxygen atoms in total. The third-order valence-corrected chi connectivity index (χ3v) is 2.91. The van der Waals surface area contributed by atoms with Crippen molar-refractivity contribution in [3.05, 3.63) is 29.8 Å². The van der Waals surface area contributed by atoms with Crippen molar-refractivity contribution in [3.8, 4) is 0 Å². The third-order valence-electron chi connectivity index (χ3n) is 2.91. The van der Waals surface area contributed by atoms with Gasteiger partial charge in [-0.05, 0) is 18.1 Å². The van der Waals surface area contributed by atoms with E-state index in [1.165, 1.54) is 18.4 Å². The van der Waals surface area contributed by atoms with E-state index in [0.29, 0.717) is 6.42 Å². The monoisotopic (exact) mass is 239 g/mol. The van der Waals surface area contributed by atoms with Gasteiger partial charge in [0.1, 0.15) is 0 Å². The van der Waals surface area contributed by atoms with E-state index < -0.39 is 0 Å². The van der Waals surface area contributed by atoms with E-state index in [1.54, 1.807) is 0 Å². The highest BCUT2D eigenvalue weighted by molar-refractivity contribution is 6.01. The van der Waals surface area contributed by atoms with Crippen LogP contribution in [-0.2, 0) is 11.2 Å². The Hall–Kier alpha value is -1.02. The molecule has 0 saturated carbocycles. The number of para-hydroxylation sites is 1. The number of carbonyl (C=O) groups is 1. The van der Waals surface area contributed by atoms with Crippen LogP contribution in [0.25, 0.3) is 0 Å². The molecule has 0 N–H and O–H groups in total. The Morgan fingerprint density at radius 2 is 2.00 bits per heavy atom. The molecular weight excluding hydrogens is 222 g/mol. The van der Waals surface area contributed by atoms with Crippen LogP contribution in [0.4, 0.5) is 5.69 Å². The zero-order valence-electron chi connectivity index (χ0n) is 9.61. The Balaban J connectivity index is 0.00000128. The van der Waals surface area contributed by atoms with Gasteiger partial charge in [-0.25, -0.2) is 0 Å². The van der Waals surface area contributed by atoms with E-state index in [4.69, 9.17) is 0 Å². The molecule has 0 aliphatic carbocycles. The van der Waals surface area contributed by atoms with E-state index in [2.05, 4.69) is 6.92 Å². The average molecular weight is 240 g/mol. The molecule has 0 spiro atoms. The highest BCUT2D eigenvalue weighted by Crippen LogP contribution is 2.28. The molecule has 0 bridgehead atoms. The molecule has 0 saturated heterocycles. The predicted molar refractivity (Wildman–Crippen MR) is 69.3 cm³/mol. The van der Waals surface area contributed by atoms with Crippen LogP contribution in [0.2, 0.25) is 0 Å². The lowest BCUT2D eigenvalue weighted by Crippen LogP contribution is -2.27. The summed E-state index contributed by atoms with van der Waals surface area (Å²) in [7, 11) is 0. The summed E-state index contributed by atoms with van der Waals surface area (Å²) in [5.41, 5.74) is 2.30. The maximum Gasteiger partial charge on any atom is 0.231 e. The summed E-state index contributed by atoms with van der Waals surface area (Å²) in [4.78, 5) is 13.7. The quantitative estimate of drug-likeness (QED) is 0.739. The fourth-order valence-electron chi connectivity index (χ4n) is 2.08. The zero-order chi connectivity index (χ0) is 10.7. The van der Waals surface area contributed by atoms with Gasteiger partial charge in [0, 0.05) is 12.2 Å². The average Bonchev–Trinajstić information content (AvgIpc) is 2.56. The van der Waals surface area contributed by atoms with Gasteiger partial charge >= 0.3 is 0 Å². The third kappa shape index (κ3) is 2.56. The molecule has 2 rings (SSSR count). The van der Waals surface area contributed by atoms with Crippen molar-refractivity contribution in [2.75, 3.05) is 11.4 Å². The molecule has 0 fully saturated rings. The van der Waals surface area contributed by atoms with Crippen molar-refractivity contribution in [3.63, 3.8) is 0 Å². The first-order valence-electron chi connectivity index (χ1n) is 5.71. The van der Waals surface area contributed by atoms with Gasteiger partial charge in [0.05, 0.1) is 6.42 Å². The van der Waals surface area contributed by atoms with Crippen LogP contribution < -0.4 is 4.90 Å². The minimum Gasteiger partial charge on any atom is -0.312 e. The number of unbranched alkanes of at least 4 members (excludes halogenated alkanes) is 2. The number of halogens is 1. The minimum absolute atomic E-state index is 0. The lowest BCUT2D eigenvalue weighted by Gasteiger charge is -2.16. The van der Waals surface area contributed by atoms with Crippen LogP contribution in [0.15, 0.2) is 24.3 Å². The van der Waals surface area contributed by atoms with Gasteiger partial charge in [0.15, 0.2) is 0 Å². The van der Waals surface area contributed by atoms with Gasteiger partial charge in [0.2, 0.25) is 5.91 Å². The first-order chi connectivity index (χ1) is 7.33. The fourth-order valence-corrected chi connectivity index (χ4v) is 2.08. The molecule has 0 atom stereocenters. The summed E-state index contributed by atoms with van der Waals surface area (Å²) < 4.78 is 0. The zero-order valence-corrected chi connectivity index (χ0v) is 10.4. The molecule has 1 amide bonds. The van der Waals surface area contributed by atoms with Gasteiger partial charge in [-0.1, -0.05) is 38.0 Å². The topological polar surface area (TPSA) is 20.3 Å². The van der Waals surface area contributed by atoms with Crippen molar-refractivity contribution in [2.24, 2.45) is 0 Å². The Morgan fingerprint density at radius 3 is 2.75 bits per heavy atom. The number of hydrogen-bond acceptors (Lipinski definition) is 1. The van der Waals surface area contributed by atoms with Gasteiger partial charge in [-0.15, -0.1) is 12.4 Å². The minimum atomic E-state index is 0. The number of hydrogen-bond donors (Lipinski definition) is 0. The van der Waals surface area contributed by atoms with Gasteiger partial charge < -0.3 is 4.90 Å². The number of benzene rings is 1. The highest BCUT2D eigenvalue weighted by atomic mass is 35.5. The molecule has 88 valence electrons. The largest absolute Gasteiger partial charge is 0.312 e. The molecule has 1 heterocycles. The molecule has 0 unspecified atom stereocenters. The number of nitrogens with zero attached hydrogens (tertiary/aromatic N) is 1. The van der Waals surface area contributed by atoms with Crippen molar-refractivity contribution in [2.45, 2.75) is 32.6 Å². The number of anilines is 1. The molecule has 1 aromatic rings. The Morgan fingerprint density at radius 1 is 1.25 bits per heavy atom. The predicted octanol–water partition coefficient (Wildman–Crippen LogP) is 3.19. The summed E-state index contributed by atoms with van der Waals surface area (Å²) in [6.45, 7) is 3.06. The number of amides is 1. The van der Waals surface area contributed by atoms with Gasteiger partial charge in [-0.2, -0.15) is 0 Å². The van der Waals surface area contributed by atoms with Crippen LogP contribution in [0, 0.1) is 0 Å². The summed E-state index contributed by atoms with van der Waals surface area (Å²) in [5, 5.41) is 0. The number of fused-ring (bicyclic) bond motifs is 1. The van der Waals surface area contributed by atoms with Crippen molar-refractivity contribution in [1.82, 2.24) is 0 Å². The van der Waals surface area contributed by atoms with Crippen LogP contribution in [0.3, 0.4) is 0 Å². The summed E-state index contributed by atoms with van der Waals surface area (Å²) in [5.74, 6) is 0.257. The SMILES string of the molecule is CCCCCN1C(=O)Cc2ccccc21.Cl. The first-order valence-corrected chi connectivity index (χ1v) is 5.71. The van der Waals surface area contributed by atoms with Gasteiger partial charge in [-0.3, -0.25) is 4.79 Å². The van der Waals surface area contributed by atoms with Crippen molar-refractivity contribution < 1.29 is 4.79 Å². The van der Waals surface area contributed by atoms with Crippen LogP contribution >= 0.6 is 12.4 Å². The smallest absolute Gasteiger partial charge is 0.231 e. The van der Waals surface area contributed by atoms with E-state index in [9.17, 15) is 4.79 Å². The van der Waals surface area contributed by atoms with E-state index in [0.717, 1.165) is 18.7 Å². The van der Waals surface area contributed by atoms with Crippen LogP contribution in [0.5, 0.6) is 0 Å². The second-order valence-corrected chi connectivity index (χ2v) is 4.06. The van der Waals surface area contributed by atoms with Crippen molar-refractivity contribution >= 4 is 24.0 Å². The highest BCUT2D eigenvalue weighted by Gasteiger charge is 2.25. The molecule has 0 aromatic heterocycles. The second-order valence-electron chi connectivity index (χ2n) is 4.06. The lowest BCUT2D eigenvalue weighted by molar-refractivity contribution is -0.117. The molecule has 3 heteroatoms. The van der Waals surface area contributed by atoms with Gasteiger partial charge in [0.25, 0.3) is 0 Å². The van der Waals surface area contributed by atoms with Crippen LogP contribution in [-0.4, -0.2) is 12.5 Å². The molecule has 0 radical (unpaired) electrons. The summed E-state index contributed by atoms with van der Waals surface area (Å²) in [6.07, 6.45) is 4.09. The maximum atomic E-state index is 11.8. The molecular formula is C13H18ClNO. The molecule has 16 heavy (non-hydrogen) atoms. The van der Waals surface area contributed by atoms with Crippen molar-refractivity contribution in [1.29, 1.82) is 0 Å². The molecule has 1 aliphatic rings. The lowest BCUT2D eigenvalue weighted by atomic mass is 10.2. The molecule has 1 aliphatic heterocycles. The Kier molecular flexibility index (Phi) is 4.81. The van der Waals surface area contributed by atoms with E-state index in [-0.39, 0.29) is 18.3 Å². The summed E-state index contributed by atoms with van der Waals surface area (Å²) in [6, 6.07) is 8.10. The maximum absolute atomic E-state index is 11.8. The standard InChI is InChI=1S/C13H17NO.ClH/c1-2-3-6-9-14-12-8-5-4-7-11(12)10-13(14)15;/h4-5,7-8H,2-3,6,9-10H2,1H3;1H. The number of carbonyl (C=O) groups excluding carboxylic acids is 1. The second kappa shape index (κ2) is 5.90. The Bertz CT molecular complexity index is 365. The molecule has 1 aromatic carbocycles.